The summed E-state index contributed by atoms with van der Waals surface area (Å²) >= 11 is 1.48. The first-order valence-electron chi connectivity index (χ1n) is 8.63. The van der Waals surface area contributed by atoms with Crippen molar-refractivity contribution in [3.63, 3.8) is 0 Å². The molecule has 1 aliphatic rings. The molecule has 28 heavy (non-hydrogen) atoms. The van der Waals surface area contributed by atoms with Gasteiger partial charge in [-0.25, -0.2) is 9.66 Å². The van der Waals surface area contributed by atoms with E-state index >= 15 is 0 Å². The topological polar surface area (TPSA) is 81.8 Å². The molecule has 0 fully saturated rings. The second kappa shape index (κ2) is 6.43. The number of aryl methyl sites for hydroxylation is 4. The molecule has 0 unspecified atom stereocenters. The van der Waals surface area contributed by atoms with Crippen LogP contribution in [0.5, 0.6) is 0 Å². The Labute approximate surface area is 160 Å². The van der Waals surface area contributed by atoms with Crippen molar-refractivity contribution in [2.75, 3.05) is 5.43 Å². The third-order valence-corrected chi connectivity index (χ3v) is 5.96. The van der Waals surface area contributed by atoms with Gasteiger partial charge in [0.15, 0.2) is 5.69 Å². The van der Waals surface area contributed by atoms with Crippen LogP contribution in [-0.2, 0) is 26.1 Å². The summed E-state index contributed by atoms with van der Waals surface area (Å²) in [6, 6.07) is 0.647. The number of nitrogens with zero attached hydrogens (tertiary/aromatic N) is 4. The van der Waals surface area contributed by atoms with E-state index in [1.807, 2.05) is 0 Å². The van der Waals surface area contributed by atoms with Crippen LogP contribution < -0.4 is 11.0 Å². The van der Waals surface area contributed by atoms with Gasteiger partial charge in [-0.05, 0) is 38.2 Å². The zero-order chi connectivity index (χ0) is 20.2. The first kappa shape index (κ1) is 18.7. The normalized spacial score (nSPS) is 14.3. The number of alkyl halides is 3. The SMILES string of the molecule is Cc1nc2sc3c(c2c(=O)n1NC(=O)c1cc(C(F)(F)F)nn1C)CCCC3. The van der Waals surface area contributed by atoms with Crippen LogP contribution in [0.25, 0.3) is 10.2 Å². The summed E-state index contributed by atoms with van der Waals surface area (Å²) in [5.74, 6) is -0.622. The first-order chi connectivity index (χ1) is 13.2. The Balaban J connectivity index is 1.75. The molecule has 0 saturated carbocycles. The van der Waals surface area contributed by atoms with Crippen molar-refractivity contribution in [3.8, 4) is 0 Å². The Morgan fingerprint density at radius 2 is 2.00 bits per heavy atom. The Morgan fingerprint density at radius 3 is 2.68 bits per heavy atom. The van der Waals surface area contributed by atoms with Crippen molar-refractivity contribution in [1.82, 2.24) is 19.4 Å². The Hall–Kier alpha value is -2.69. The largest absolute Gasteiger partial charge is 0.435 e. The molecule has 0 spiro atoms. The van der Waals surface area contributed by atoms with Gasteiger partial charge in [-0.1, -0.05) is 0 Å². The fraction of sp³-hybridized carbons (Fsp3) is 0.412. The quantitative estimate of drug-likeness (QED) is 0.703. The monoisotopic (exact) mass is 411 g/mol. The Morgan fingerprint density at radius 1 is 1.29 bits per heavy atom. The summed E-state index contributed by atoms with van der Waals surface area (Å²) in [5, 5.41) is 3.80. The standard InChI is InChI=1S/C17H16F3N5O2S/c1-8-21-15-13(9-5-3-4-6-11(9)28-15)16(27)25(8)23-14(26)10-7-12(17(18,19)20)22-24(10)2/h7H,3-6H2,1-2H3,(H,23,26). The minimum Gasteiger partial charge on any atom is -0.267 e. The number of carbonyl (C=O) groups excluding carboxylic acids is 1. The minimum absolute atomic E-state index is 0.252. The number of hydrogen-bond donors (Lipinski definition) is 1. The number of fused-ring (bicyclic) bond motifs is 3. The molecule has 0 aromatic carbocycles. The van der Waals surface area contributed by atoms with Gasteiger partial charge in [0.25, 0.3) is 11.5 Å². The van der Waals surface area contributed by atoms with Crippen LogP contribution in [0.3, 0.4) is 0 Å². The van der Waals surface area contributed by atoms with Crippen molar-refractivity contribution < 1.29 is 18.0 Å². The lowest BCUT2D eigenvalue weighted by Crippen LogP contribution is -2.36. The van der Waals surface area contributed by atoms with Gasteiger partial charge in [0.1, 0.15) is 16.3 Å². The van der Waals surface area contributed by atoms with E-state index in [1.165, 1.54) is 18.4 Å². The number of halogens is 3. The first-order valence-corrected chi connectivity index (χ1v) is 9.45. The molecule has 4 rings (SSSR count). The molecule has 0 radical (unpaired) electrons. The lowest BCUT2D eigenvalue weighted by molar-refractivity contribution is -0.141. The lowest BCUT2D eigenvalue weighted by Gasteiger charge is -2.12. The summed E-state index contributed by atoms with van der Waals surface area (Å²) in [4.78, 5) is 31.7. The molecule has 1 amide bonds. The van der Waals surface area contributed by atoms with E-state index < -0.39 is 23.3 Å². The molecule has 7 nitrogen and oxygen atoms in total. The molecule has 3 heterocycles. The van der Waals surface area contributed by atoms with Crippen LogP contribution in [0.2, 0.25) is 0 Å². The maximum atomic E-state index is 13.0. The number of carbonyl (C=O) groups is 1. The van der Waals surface area contributed by atoms with Gasteiger partial charge >= 0.3 is 6.18 Å². The molecule has 3 aromatic heterocycles. The van der Waals surface area contributed by atoms with Crippen LogP contribution in [0, 0.1) is 6.92 Å². The van der Waals surface area contributed by atoms with Gasteiger partial charge in [-0.3, -0.25) is 19.7 Å². The van der Waals surface area contributed by atoms with E-state index in [0.29, 0.717) is 16.3 Å². The molecule has 1 N–H and O–H groups in total. The van der Waals surface area contributed by atoms with E-state index in [1.54, 1.807) is 6.92 Å². The Bertz CT molecular complexity index is 1160. The number of nitrogens with one attached hydrogen (secondary N) is 1. The van der Waals surface area contributed by atoms with Gasteiger partial charge in [0.2, 0.25) is 0 Å². The molecule has 11 heteroatoms. The number of rotatable bonds is 2. The number of aromatic nitrogens is 4. The molecule has 148 valence electrons. The maximum Gasteiger partial charge on any atom is 0.435 e. The van der Waals surface area contributed by atoms with E-state index in [4.69, 9.17) is 0 Å². The summed E-state index contributed by atoms with van der Waals surface area (Å²) in [6.07, 6.45) is -0.949. The minimum atomic E-state index is -4.67. The van der Waals surface area contributed by atoms with Gasteiger partial charge in [0.05, 0.1) is 5.39 Å². The van der Waals surface area contributed by atoms with E-state index in [0.717, 1.165) is 45.5 Å². The zero-order valence-corrected chi connectivity index (χ0v) is 15.9. The van der Waals surface area contributed by atoms with Crippen molar-refractivity contribution in [3.05, 3.63) is 44.1 Å². The van der Waals surface area contributed by atoms with Crippen LogP contribution in [0.15, 0.2) is 10.9 Å². The Kier molecular flexibility index (Phi) is 4.29. The van der Waals surface area contributed by atoms with Gasteiger partial charge in [-0.2, -0.15) is 18.3 Å². The third kappa shape index (κ3) is 2.99. The van der Waals surface area contributed by atoms with E-state index in [2.05, 4.69) is 15.5 Å². The average molecular weight is 411 g/mol. The number of amides is 1. The highest BCUT2D eigenvalue weighted by atomic mass is 32.1. The zero-order valence-electron chi connectivity index (χ0n) is 15.1. The van der Waals surface area contributed by atoms with Crippen LogP contribution in [-0.4, -0.2) is 25.3 Å². The van der Waals surface area contributed by atoms with Crippen molar-refractivity contribution in [2.24, 2.45) is 7.05 Å². The molecule has 0 saturated heterocycles. The predicted molar refractivity (Wildman–Crippen MR) is 97.2 cm³/mol. The fourth-order valence-corrected chi connectivity index (χ4v) is 4.71. The fourth-order valence-electron chi connectivity index (χ4n) is 3.42. The van der Waals surface area contributed by atoms with Crippen molar-refractivity contribution in [1.29, 1.82) is 0 Å². The molecule has 0 aliphatic heterocycles. The summed E-state index contributed by atoms with van der Waals surface area (Å²) in [5.41, 5.74) is 1.42. The second-order valence-electron chi connectivity index (χ2n) is 6.67. The van der Waals surface area contributed by atoms with E-state index in [9.17, 15) is 22.8 Å². The molecular weight excluding hydrogens is 395 g/mol. The molecular formula is C17H16F3N5O2S. The molecule has 0 atom stereocenters. The summed E-state index contributed by atoms with van der Waals surface area (Å²) in [6.45, 7) is 1.56. The van der Waals surface area contributed by atoms with E-state index in [-0.39, 0.29) is 11.5 Å². The van der Waals surface area contributed by atoms with Gasteiger partial charge < -0.3 is 0 Å². The number of thiophene rings is 1. The molecule has 1 aliphatic carbocycles. The van der Waals surface area contributed by atoms with Crippen LogP contribution in [0.4, 0.5) is 13.2 Å². The molecule has 0 bridgehead atoms. The smallest absolute Gasteiger partial charge is 0.267 e. The lowest BCUT2D eigenvalue weighted by atomic mass is 9.97. The maximum absolute atomic E-state index is 13.0. The van der Waals surface area contributed by atoms with Gasteiger partial charge in [0, 0.05) is 18.0 Å². The van der Waals surface area contributed by atoms with Crippen molar-refractivity contribution in [2.45, 2.75) is 38.8 Å². The summed E-state index contributed by atoms with van der Waals surface area (Å²) in [7, 11) is 1.23. The summed E-state index contributed by atoms with van der Waals surface area (Å²) < 4.78 is 40.3. The highest BCUT2D eigenvalue weighted by Gasteiger charge is 2.35. The van der Waals surface area contributed by atoms with Crippen LogP contribution >= 0.6 is 11.3 Å². The molecule has 3 aromatic rings. The highest BCUT2D eigenvalue weighted by Crippen LogP contribution is 2.33. The highest BCUT2D eigenvalue weighted by molar-refractivity contribution is 7.18. The van der Waals surface area contributed by atoms with Crippen molar-refractivity contribution >= 4 is 27.5 Å². The second-order valence-corrected chi connectivity index (χ2v) is 7.75. The van der Waals surface area contributed by atoms with Crippen LogP contribution in [0.1, 0.15) is 45.3 Å². The third-order valence-electron chi connectivity index (χ3n) is 4.77. The average Bonchev–Trinajstić information content (AvgIpc) is 3.18. The number of hydrogen-bond acceptors (Lipinski definition) is 5. The predicted octanol–water partition coefficient (Wildman–Crippen LogP) is 2.78. The van der Waals surface area contributed by atoms with Gasteiger partial charge in [-0.15, -0.1) is 11.3 Å².